The minimum Gasteiger partial charge on any atom is -0.494 e. The highest BCUT2D eigenvalue weighted by Gasteiger charge is 2.24. The van der Waals surface area contributed by atoms with Gasteiger partial charge in [0.15, 0.2) is 0 Å². The van der Waals surface area contributed by atoms with Crippen molar-refractivity contribution in [3.63, 3.8) is 0 Å². The van der Waals surface area contributed by atoms with Gasteiger partial charge < -0.3 is 19.7 Å². The molecule has 2 aromatic rings. The molecule has 1 saturated heterocycles. The molecule has 1 aromatic heterocycles. The summed E-state index contributed by atoms with van der Waals surface area (Å²) in [6.07, 6.45) is 4.75. The quantitative estimate of drug-likeness (QED) is 0.794. The Morgan fingerprint density at radius 3 is 2.96 bits per heavy atom. The molecule has 0 saturated carbocycles. The molecule has 1 atom stereocenters. The molecule has 28 heavy (non-hydrogen) atoms. The van der Waals surface area contributed by atoms with E-state index >= 15 is 0 Å². The fourth-order valence-electron chi connectivity index (χ4n) is 3.25. The van der Waals surface area contributed by atoms with Crippen molar-refractivity contribution in [3.8, 4) is 5.75 Å². The minimum atomic E-state index is -0.0596. The zero-order valence-corrected chi connectivity index (χ0v) is 17.0. The number of hydrogen-bond acceptors (Lipinski definition) is 4. The fourth-order valence-corrected chi connectivity index (χ4v) is 3.25. The third kappa shape index (κ3) is 5.48. The van der Waals surface area contributed by atoms with E-state index in [0.717, 1.165) is 28.9 Å². The highest BCUT2D eigenvalue weighted by molar-refractivity contribution is 5.74. The topological polar surface area (TPSA) is 68.6 Å². The van der Waals surface area contributed by atoms with Crippen LogP contribution >= 0.6 is 0 Å². The highest BCUT2D eigenvalue weighted by Crippen LogP contribution is 2.18. The van der Waals surface area contributed by atoms with Crippen LogP contribution in [0.3, 0.4) is 0 Å². The molecule has 0 radical (unpaired) electrons. The van der Waals surface area contributed by atoms with Crippen LogP contribution in [0, 0.1) is 13.8 Å². The second-order valence-electron chi connectivity index (χ2n) is 7.27. The molecule has 1 aliphatic heterocycles. The van der Waals surface area contributed by atoms with Gasteiger partial charge in [-0.25, -0.2) is 4.79 Å². The summed E-state index contributed by atoms with van der Waals surface area (Å²) in [5, 5.41) is 7.33. The first-order valence-corrected chi connectivity index (χ1v) is 9.91. The number of aromatic nitrogens is 2. The number of nitrogens with one attached hydrogen (secondary N) is 1. The zero-order valence-electron chi connectivity index (χ0n) is 17.0. The SMILES string of the molecule is CCCOc1ccc(CNC(=O)N2CCO[C@H](Cn3cc(C)cn3)C2)c(C)c1. The number of amides is 2. The van der Waals surface area contributed by atoms with Gasteiger partial charge in [0.25, 0.3) is 0 Å². The second-order valence-corrected chi connectivity index (χ2v) is 7.27. The number of hydrogen-bond donors (Lipinski definition) is 1. The molecule has 0 aliphatic carbocycles. The summed E-state index contributed by atoms with van der Waals surface area (Å²) in [6, 6.07) is 5.94. The molecular weight excluding hydrogens is 356 g/mol. The molecule has 152 valence electrons. The van der Waals surface area contributed by atoms with Crippen LogP contribution in [-0.4, -0.2) is 53.1 Å². The maximum atomic E-state index is 12.6. The number of morpholine rings is 1. The van der Waals surface area contributed by atoms with E-state index in [4.69, 9.17) is 9.47 Å². The Kier molecular flexibility index (Phi) is 6.92. The number of aryl methyl sites for hydroxylation is 2. The molecule has 1 aliphatic rings. The van der Waals surface area contributed by atoms with E-state index in [1.54, 1.807) is 0 Å². The van der Waals surface area contributed by atoms with E-state index in [2.05, 4.69) is 17.3 Å². The number of ether oxygens (including phenoxy) is 2. The monoisotopic (exact) mass is 386 g/mol. The number of nitrogens with zero attached hydrogens (tertiary/aromatic N) is 3. The van der Waals surface area contributed by atoms with Crippen LogP contribution in [0.25, 0.3) is 0 Å². The molecule has 1 aromatic carbocycles. The van der Waals surface area contributed by atoms with E-state index in [9.17, 15) is 4.79 Å². The first-order chi connectivity index (χ1) is 13.5. The Balaban J connectivity index is 1.50. The summed E-state index contributed by atoms with van der Waals surface area (Å²) in [4.78, 5) is 14.4. The number of benzene rings is 1. The summed E-state index contributed by atoms with van der Waals surface area (Å²) in [6.45, 7) is 9.70. The Hall–Kier alpha value is -2.54. The molecular formula is C21H30N4O3. The van der Waals surface area contributed by atoms with Crippen LogP contribution in [0.2, 0.25) is 0 Å². The molecule has 2 amide bonds. The maximum Gasteiger partial charge on any atom is 0.317 e. The molecule has 3 rings (SSSR count). The van der Waals surface area contributed by atoms with Gasteiger partial charge in [-0.1, -0.05) is 13.0 Å². The van der Waals surface area contributed by atoms with Crippen LogP contribution in [0.15, 0.2) is 30.6 Å². The van der Waals surface area contributed by atoms with Gasteiger partial charge in [0.2, 0.25) is 0 Å². The van der Waals surface area contributed by atoms with Crippen molar-refractivity contribution in [2.24, 2.45) is 0 Å². The minimum absolute atomic E-state index is 0.0458. The van der Waals surface area contributed by atoms with Crippen molar-refractivity contribution in [3.05, 3.63) is 47.3 Å². The molecule has 1 N–H and O–H groups in total. The predicted octanol–water partition coefficient (Wildman–Crippen LogP) is 2.90. The van der Waals surface area contributed by atoms with Crippen molar-refractivity contribution >= 4 is 6.03 Å². The lowest BCUT2D eigenvalue weighted by Gasteiger charge is -2.33. The molecule has 0 spiro atoms. The van der Waals surface area contributed by atoms with Crippen molar-refractivity contribution in [2.45, 2.75) is 46.4 Å². The first kappa shape index (κ1) is 20.2. The van der Waals surface area contributed by atoms with Gasteiger partial charge in [-0.15, -0.1) is 0 Å². The van der Waals surface area contributed by atoms with Crippen molar-refractivity contribution < 1.29 is 14.3 Å². The first-order valence-electron chi connectivity index (χ1n) is 9.91. The Bertz CT molecular complexity index is 790. The molecule has 2 heterocycles. The van der Waals surface area contributed by atoms with Crippen LogP contribution in [0.5, 0.6) is 5.75 Å². The van der Waals surface area contributed by atoms with Crippen molar-refractivity contribution in [2.75, 3.05) is 26.3 Å². The largest absolute Gasteiger partial charge is 0.494 e. The van der Waals surface area contributed by atoms with Gasteiger partial charge >= 0.3 is 6.03 Å². The average molecular weight is 386 g/mol. The molecule has 0 bridgehead atoms. The van der Waals surface area contributed by atoms with E-state index in [1.165, 1.54) is 0 Å². The predicted molar refractivity (Wildman–Crippen MR) is 107 cm³/mol. The molecule has 7 heteroatoms. The maximum absolute atomic E-state index is 12.6. The lowest BCUT2D eigenvalue weighted by molar-refractivity contribution is -0.0237. The van der Waals surface area contributed by atoms with Crippen molar-refractivity contribution in [1.29, 1.82) is 0 Å². The zero-order chi connectivity index (χ0) is 19.9. The summed E-state index contributed by atoms with van der Waals surface area (Å²) in [5.41, 5.74) is 3.32. The van der Waals surface area contributed by atoms with Gasteiger partial charge in [0, 0.05) is 19.3 Å². The summed E-state index contributed by atoms with van der Waals surface area (Å²) < 4.78 is 13.3. The smallest absolute Gasteiger partial charge is 0.317 e. The molecule has 7 nitrogen and oxygen atoms in total. The Labute approximate surface area is 166 Å². The Morgan fingerprint density at radius 2 is 2.25 bits per heavy atom. The lowest BCUT2D eigenvalue weighted by atomic mass is 10.1. The number of carbonyl (C=O) groups is 1. The van der Waals surface area contributed by atoms with Crippen LogP contribution < -0.4 is 10.1 Å². The number of urea groups is 1. The average Bonchev–Trinajstić information content (AvgIpc) is 3.10. The second kappa shape index (κ2) is 9.59. The molecule has 0 unspecified atom stereocenters. The summed E-state index contributed by atoms with van der Waals surface area (Å²) in [7, 11) is 0. The van der Waals surface area contributed by atoms with Crippen LogP contribution in [0.4, 0.5) is 4.79 Å². The van der Waals surface area contributed by atoms with Gasteiger partial charge in [-0.2, -0.15) is 5.10 Å². The molecule has 1 fully saturated rings. The normalized spacial score (nSPS) is 16.8. The summed E-state index contributed by atoms with van der Waals surface area (Å²) in [5.74, 6) is 0.874. The van der Waals surface area contributed by atoms with E-state index in [0.29, 0.717) is 39.4 Å². The standard InChI is InChI=1S/C21H30N4O3/c1-4-8-27-19-6-5-18(17(3)10-19)12-22-21(26)24-7-9-28-20(14-24)15-25-13-16(2)11-23-25/h5-6,10-11,13,20H,4,7-9,12,14-15H2,1-3H3,(H,22,26)/t20-/m0/s1. The third-order valence-electron chi connectivity index (χ3n) is 4.80. The highest BCUT2D eigenvalue weighted by atomic mass is 16.5. The third-order valence-corrected chi connectivity index (χ3v) is 4.80. The van der Waals surface area contributed by atoms with Gasteiger partial charge in [0.1, 0.15) is 5.75 Å². The Morgan fingerprint density at radius 1 is 1.39 bits per heavy atom. The number of carbonyl (C=O) groups excluding carboxylic acids is 1. The van der Waals surface area contributed by atoms with E-state index in [-0.39, 0.29) is 12.1 Å². The van der Waals surface area contributed by atoms with Gasteiger partial charge in [-0.3, -0.25) is 4.68 Å². The fraction of sp³-hybridized carbons (Fsp3) is 0.524. The van der Waals surface area contributed by atoms with Gasteiger partial charge in [0.05, 0.1) is 38.6 Å². The van der Waals surface area contributed by atoms with E-state index < -0.39 is 0 Å². The van der Waals surface area contributed by atoms with Crippen LogP contribution in [-0.2, 0) is 17.8 Å². The van der Waals surface area contributed by atoms with Crippen LogP contribution in [0.1, 0.15) is 30.0 Å². The summed E-state index contributed by atoms with van der Waals surface area (Å²) >= 11 is 0. The van der Waals surface area contributed by atoms with Crippen molar-refractivity contribution in [1.82, 2.24) is 20.0 Å². The van der Waals surface area contributed by atoms with Gasteiger partial charge in [-0.05, 0) is 49.1 Å². The van der Waals surface area contributed by atoms with E-state index in [1.807, 2.05) is 54.0 Å². The number of rotatable bonds is 7. The lowest BCUT2D eigenvalue weighted by Crippen LogP contribution is -2.50.